The maximum atomic E-state index is 5.86. The largest absolute Gasteiger partial charge is 0.393 e. The number of nitrogens with two attached hydrogens (primary N) is 1. The molecule has 0 aliphatic heterocycles. The average molecular weight is 334 g/mol. The Morgan fingerprint density at radius 3 is 2.94 bits per heavy atom. The molecule has 0 atom stereocenters. The summed E-state index contributed by atoms with van der Waals surface area (Å²) < 4.78 is 1.08. The summed E-state index contributed by atoms with van der Waals surface area (Å²) in [6, 6.07) is 2.07. The van der Waals surface area contributed by atoms with E-state index in [0.29, 0.717) is 11.5 Å². The molecule has 0 aliphatic carbocycles. The van der Waals surface area contributed by atoms with E-state index >= 15 is 0 Å². The van der Waals surface area contributed by atoms with Crippen LogP contribution in [-0.2, 0) is 6.54 Å². The van der Waals surface area contributed by atoms with Crippen LogP contribution in [0, 0.1) is 0 Å². The lowest BCUT2D eigenvalue weighted by Gasteiger charge is -2.18. The highest BCUT2D eigenvalue weighted by molar-refractivity contribution is 9.10. The third kappa shape index (κ3) is 2.88. The van der Waals surface area contributed by atoms with Crippen molar-refractivity contribution in [3.63, 3.8) is 0 Å². The number of halogens is 2. The van der Waals surface area contributed by atoms with Gasteiger partial charge in [-0.2, -0.15) is 0 Å². The minimum absolute atomic E-state index is 0.286. The first-order valence-corrected chi connectivity index (χ1v) is 6.83. The number of nitrogen functional groups attached to an aromatic ring is 1. The lowest BCUT2D eigenvalue weighted by molar-refractivity contribution is 0.907. The average Bonchev–Trinajstić information content (AvgIpc) is 2.68. The van der Waals surface area contributed by atoms with Gasteiger partial charge in [-0.1, -0.05) is 11.6 Å². The molecule has 2 heterocycles. The summed E-state index contributed by atoms with van der Waals surface area (Å²) in [5, 5.41) is 2.33. The highest BCUT2D eigenvalue weighted by Gasteiger charge is 2.11. The summed E-state index contributed by atoms with van der Waals surface area (Å²) >= 11 is 11.0. The molecule has 0 aromatic carbocycles. The lowest BCUT2D eigenvalue weighted by Crippen LogP contribution is -2.19. The van der Waals surface area contributed by atoms with E-state index in [0.717, 1.165) is 11.0 Å². The van der Waals surface area contributed by atoms with Crippen LogP contribution in [-0.4, -0.2) is 17.0 Å². The highest BCUT2D eigenvalue weighted by atomic mass is 79.9. The van der Waals surface area contributed by atoms with Gasteiger partial charge in [0.2, 0.25) is 0 Å². The van der Waals surface area contributed by atoms with Crippen LogP contribution >= 0.6 is 38.9 Å². The predicted molar refractivity (Wildman–Crippen MR) is 75.6 cm³/mol. The third-order valence-corrected chi connectivity index (χ3v) is 4.17. The van der Waals surface area contributed by atoms with Crippen molar-refractivity contribution in [3.05, 3.63) is 32.3 Å². The SMILES string of the molecule is CN(Cc1cc(Br)cs1)c1ncnc(Cl)c1N. The zero-order valence-electron chi connectivity index (χ0n) is 9.02. The molecular formula is C10H10BrClN4S. The highest BCUT2D eigenvalue weighted by Crippen LogP contribution is 2.27. The van der Waals surface area contributed by atoms with Gasteiger partial charge in [0, 0.05) is 21.8 Å². The Morgan fingerprint density at radius 1 is 1.53 bits per heavy atom. The molecule has 0 fully saturated rings. The van der Waals surface area contributed by atoms with Crippen LogP contribution < -0.4 is 10.6 Å². The summed E-state index contributed by atoms with van der Waals surface area (Å²) in [5.74, 6) is 0.648. The van der Waals surface area contributed by atoms with Crippen molar-refractivity contribution in [2.75, 3.05) is 17.7 Å². The standard InChI is InChI=1S/C10H10BrClN4S/c1-16(3-7-2-6(11)4-17-7)10-8(13)9(12)14-5-15-10/h2,4-5H,3,13H2,1H3. The van der Waals surface area contributed by atoms with E-state index in [2.05, 4.69) is 32.0 Å². The molecule has 2 aromatic heterocycles. The van der Waals surface area contributed by atoms with E-state index in [1.165, 1.54) is 11.2 Å². The third-order valence-electron chi connectivity index (χ3n) is 2.19. The summed E-state index contributed by atoms with van der Waals surface area (Å²) in [4.78, 5) is 11.1. The van der Waals surface area contributed by atoms with Gasteiger partial charge < -0.3 is 10.6 Å². The first-order chi connectivity index (χ1) is 8.08. The molecule has 2 N–H and O–H groups in total. The second-order valence-corrected chi connectivity index (χ2v) is 5.76. The number of hydrogen-bond donors (Lipinski definition) is 1. The van der Waals surface area contributed by atoms with Crippen LogP contribution in [0.4, 0.5) is 11.5 Å². The second-order valence-electron chi connectivity index (χ2n) is 3.49. The number of hydrogen-bond acceptors (Lipinski definition) is 5. The predicted octanol–water partition coefficient (Wildman–Crippen LogP) is 3.17. The van der Waals surface area contributed by atoms with Crippen LogP contribution in [0.1, 0.15) is 4.88 Å². The van der Waals surface area contributed by atoms with Gasteiger partial charge in [-0.25, -0.2) is 9.97 Å². The maximum absolute atomic E-state index is 5.86. The molecule has 0 amide bonds. The Bertz CT molecular complexity index is 531. The first kappa shape index (κ1) is 12.6. The van der Waals surface area contributed by atoms with E-state index in [1.807, 2.05) is 17.3 Å². The minimum atomic E-state index is 0.286. The van der Waals surface area contributed by atoms with Gasteiger partial charge in [-0.15, -0.1) is 11.3 Å². The van der Waals surface area contributed by atoms with E-state index in [1.54, 1.807) is 11.3 Å². The van der Waals surface area contributed by atoms with E-state index < -0.39 is 0 Å². The Morgan fingerprint density at radius 2 is 2.29 bits per heavy atom. The molecule has 0 bridgehead atoms. The molecule has 0 radical (unpaired) electrons. The molecule has 0 saturated heterocycles. The van der Waals surface area contributed by atoms with Crippen molar-refractivity contribution in [2.45, 2.75) is 6.54 Å². The molecule has 0 aliphatic rings. The number of aromatic nitrogens is 2. The van der Waals surface area contributed by atoms with Crippen molar-refractivity contribution in [1.29, 1.82) is 0 Å². The zero-order chi connectivity index (χ0) is 12.4. The molecule has 0 unspecified atom stereocenters. The zero-order valence-corrected chi connectivity index (χ0v) is 12.2. The molecule has 7 heteroatoms. The molecule has 90 valence electrons. The molecular weight excluding hydrogens is 324 g/mol. The summed E-state index contributed by atoms with van der Waals surface area (Å²) in [6.07, 6.45) is 1.41. The quantitative estimate of drug-likeness (QED) is 0.877. The number of nitrogens with zero attached hydrogens (tertiary/aromatic N) is 3. The van der Waals surface area contributed by atoms with E-state index in [-0.39, 0.29) is 5.15 Å². The van der Waals surface area contributed by atoms with Crippen molar-refractivity contribution in [1.82, 2.24) is 9.97 Å². The fraction of sp³-hybridized carbons (Fsp3) is 0.200. The molecule has 0 spiro atoms. The fourth-order valence-corrected chi connectivity index (χ4v) is 3.05. The van der Waals surface area contributed by atoms with E-state index in [9.17, 15) is 0 Å². The minimum Gasteiger partial charge on any atom is -0.393 e. The van der Waals surface area contributed by atoms with Gasteiger partial charge in [0.15, 0.2) is 11.0 Å². The molecule has 2 rings (SSSR count). The Labute approximate surface area is 117 Å². The second kappa shape index (κ2) is 5.20. The smallest absolute Gasteiger partial charge is 0.157 e. The van der Waals surface area contributed by atoms with Crippen LogP contribution in [0.25, 0.3) is 0 Å². The fourth-order valence-electron chi connectivity index (χ4n) is 1.42. The van der Waals surface area contributed by atoms with Gasteiger partial charge in [0.05, 0.1) is 6.54 Å². The molecule has 4 nitrogen and oxygen atoms in total. The first-order valence-electron chi connectivity index (χ1n) is 4.78. The van der Waals surface area contributed by atoms with Gasteiger partial charge in [0.1, 0.15) is 12.0 Å². The number of anilines is 2. The maximum Gasteiger partial charge on any atom is 0.157 e. The van der Waals surface area contributed by atoms with Gasteiger partial charge in [0.25, 0.3) is 0 Å². The summed E-state index contributed by atoms with van der Waals surface area (Å²) in [6.45, 7) is 0.730. The lowest BCUT2D eigenvalue weighted by atomic mass is 10.4. The van der Waals surface area contributed by atoms with Gasteiger partial charge in [-0.05, 0) is 22.0 Å². The Kier molecular flexibility index (Phi) is 3.86. The number of thiophene rings is 1. The van der Waals surface area contributed by atoms with Crippen molar-refractivity contribution < 1.29 is 0 Å². The Hall–Kier alpha value is -0.850. The van der Waals surface area contributed by atoms with Crippen LogP contribution in [0.5, 0.6) is 0 Å². The van der Waals surface area contributed by atoms with Crippen LogP contribution in [0.3, 0.4) is 0 Å². The Balaban J connectivity index is 2.20. The molecule has 0 saturated carbocycles. The monoisotopic (exact) mass is 332 g/mol. The summed E-state index contributed by atoms with van der Waals surface area (Å²) in [5.41, 5.74) is 6.25. The normalized spacial score (nSPS) is 10.5. The van der Waals surface area contributed by atoms with Crippen LogP contribution in [0.15, 0.2) is 22.2 Å². The number of rotatable bonds is 3. The molecule has 2 aromatic rings. The molecule has 17 heavy (non-hydrogen) atoms. The summed E-state index contributed by atoms with van der Waals surface area (Å²) in [7, 11) is 1.92. The van der Waals surface area contributed by atoms with Crippen molar-refractivity contribution in [2.24, 2.45) is 0 Å². The topological polar surface area (TPSA) is 55.0 Å². The van der Waals surface area contributed by atoms with Gasteiger partial charge in [-0.3, -0.25) is 0 Å². The van der Waals surface area contributed by atoms with Crippen molar-refractivity contribution in [3.8, 4) is 0 Å². The van der Waals surface area contributed by atoms with Crippen molar-refractivity contribution >= 4 is 50.4 Å². The van der Waals surface area contributed by atoms with E-state index in [4.69, 9.17) is 17.3 Å². The van der Waals surface area contributed by atoms with Gasteiger partial charge >= 0.3 is 0 Å². The van der Waals surface area contributed by atoms with Crippen LogP contribution in [0.2, 0.25) is 5.15 Å².